The maximum absolute atomic E-state index is 3.71. The Kier molecular flexibility index (Phi) is 4.24. The molecule has 0 unspecified atom stereocenters. The van der Waals surface area contributed by atoms with E-state index in [9.17, 15) is 0 Å². The predicted octanol–water partition coefficient (Wildman–Crippen LogP) is 4.33. The van der Waals surface area contributed by atoms with E-state index < -0.39 is 0 Å². The van der Waals surface area contributed by atoms with Gasteiger partial charge in [-0.2, -0.15) is 0 Å². The van der Waals surface area contributed by atoms with Crippen LogP contribution in [0.3, 0.4) is 0 Å². The molecule has 0 amide bonds. The van der Waals surface area contributed by atoms with Gasteiger partial charge in [0.2, 0.25) is 0 Å². The molecule has 1 aromatic carbocycles. The summed E-state index contributed by atoms with van der Waals surface area (Å²) >= 11 is 3.61. The molecule has 0 bridgehead atoms. The lowest BCUT2D eigenvalue weighted by Gasteiger charge is -2.23. The molecular formula is C16H21BrN2. The molecule has 3 heteroatoms. The monoisotopic (exact) mass is 320 g/mol. The third kappa shape index (κ3) is 3.03. The molecule has 0 aliphatic heterocycles. The lowest BCUT2D eigenvalue weighted by atomic mass is 9.95. The Morgan fingerprint density at radius 2 is 2.00 bits per heavy atom. The minimum Gasteiger partial charge on any atom is -0.346 e. The van der Waals surface area contributed by atoms with E-state index in [1.54, 1.807) is 0 Å². The zero-order chi connectivity index (χ0) is 13.1. The van der Waals surface area contributed by atoms with Crippen molar-refractivity contribution in [1.29, 1.82) is 0 Å². The summed E-state index contributed by atoms with van der Waals surface area (Å²) in [4.78, 5) is 0. The SMILES string of the molecule is Brc1cccc2c1ccn2CCNC1CCCCC1. The van der Waals surface area contributed by atoms with Crippen LogP contribution in [0.4, 0.5) is 0 Å². The molecule has 0 atom stereocenters. The van der Waals surface area contributed by atoms with Gasteiger partial charge >= 0.3 is 0 Å². The number of hydrogen-bond acceptors (Lipinski definition) is 1. The maximum atomic E-state index is 3.71. The van der Waals surface area contributed by atoms with E-state index >= 15 is 0 Å². The average molecular weight is 321 g/mol. The van der Waals surface area contributed by atoms with Gasteiger partial charge < -0.3 is 9.88 Å². The predicted molar refractivity (Wildman–Crippen MR) is 84.5 cm³/mol. The van der Waals surface area contributed by atoms with Crippen molar-refractivity contribution in [2.45, 2.75) is 44.7 Å². The number of halogens is 1. The van der Waals surface area contributed by atoms with E-state index in [1.165, 1.54) is 47.5 Å². The molecule has 0 spiro atoms. The summed E-state index contributed by atoms with van der Waals surface area (Å²) in [6, 6.07) is 9.35. The van der Waals surface area contributed by atoms with Crippen LogP contribution in [0.5, 0.6) is 0 Å². The molecule has 1 saturated carbocycles. The van der Waals surface area contributed by atoms with E-state index in [2.05, 4.69) is 56.3 Å². The lowest BCUT2D eigenvalue weighted by molar-refractivity contribution is 0.369. The Bertz CT molecular complexity index is 541. The Morgan fingerprint density at radius 3 is 2.84 bits per heavy atom. The van der Waals surface area contributed by atoms with Crippen molar-refractivity contribution in [2.24, 2.45) is 0 Å². The maximum Gasteiger partial charge on any atom is 0.0492 e. The Balaban J connectivity index is 1.60. The van der Waals surface area contributed by atoms with Crippen molar-refractivity contribution in [3.05, 3.63) is 34.9 Å². The van der Waals surface area contributed by atoms with Gasteiger partial charge in [0.25, 0.3) is 0 Å². The first kappa shape index (κ1) is 13.2. The number of rotatable bonds is 4. The molecule has 1 fully saturated rings. The number of fused-ring (bicyclic) bond motifs is 1. The van der Waals surface area contributed by atoms with Gasteiger partial charge in [0.05, 0.1) is 0 Å². The van der Waals surface area contributed by atoms with Gasteiger partial charge in [0.15, 0.2) is 0 Å². The van der Waals surface area contributed by atoms with Gasteiger partial charge in [-0.1, -0.05) is 41.3 Å². The van der Waals surface area contributed by atoms with Crippen LogP contribution in [-0.4, -0.2) is 17.2 Å². The van der Waals surface area contributed by atoms with E-state index in [4.69, 9.17) is 0 Å². The second kappa shape index (κ2) is 6.10. The van der Waals surface area contributed by atoms with Crippen LogP contribution in [0.25, 0.3) is 10.9 Å². The fraction of sp³-hybridized carbons (Fsp3) is 0.500. The van der Waals surface area contributed by atoms with Crippen molar-refractivity contribution in [3.63, 3.8) is 0 Å². The number of aromatic nitrogens is 1. The van der Waals surface area contributed by atoms with Crippen LogP contribution in [0.2, 0.25) is 0 Å². The zero-order valence-electron chi connectivity index (χ0n) is 11.2. The van der Waals surface area contributed by atoms with Crippen molar-refractivity contribution in [2.75, 3.05) is 6.54 Å². The molecule has 2 nitrogen and oxygen atoms in total. The molecule has 2 aromatic rings. The number of nitrogens with one attached hydrogen (secondary N) is 1. The minimum absolute atomic E-state index is 0.752. The second-order valence-corrected chi connectivity index (χ2v) is 6.33. The highest BCUT2D eigenvalue weighted by molar-refractivity contribution is 9.10. The normalized spacial score (nSPS) is 17.1. The van der Waals surface area contributed by atoms with Crippen molar-refractivity contribution in [3.8, 4) is 0 Å². The summed E-state index contributed by atoms with van der Waals surface area (Å²) in [6.07, 6.45) is 9.14. The molecule has 3 rings (SSSR count). The van der Waals surface area contributed by atoms with Crippen LogP contribution in [-0.2, 0) is 6.54 Å². The molecule has 1 aliphatic rings. The smallest absolute Gasteiger partial charge is 0.0492 e. The zero-order valence-corrected chi connectivity index (χ0v) is 12.8. The standard InChI is InChI=1S/C16H21BrN2/c17-15-7-4-8-16-14(15)9-11-19(16)12-10-18-13-5-2-1-3-6-13/h4,7-9,11,13,18H,1-3,5-6,10,12H2. The first-order chi connectivity index (χ1) is 9.34. The lowest BCUT2D eigenvalue weighted by Crippen LogP contribution is -2.33. The Hall–Kier alpha value is -0.800. The topological polar surface area (TPSA) is 17.0 Å². The highest BCUT2D eigenvalue weighted by Gasteiger charge is 2.12. The molecule has 1 aromatic heterocycles. The van der Waals surface area contributed by atoms with Crippen LogP contribution >= 0.6 is 15.9 Å². The first-order valence-corrected chi connectivity index (χ1v) is 8.10. The second-order valence-electron chi connectivity index (χ2n) is 5.47. The van der Waals surface area contributed by atoms with E-state index in [1.807, 2.05) is 0 Å². The van der Waals surface area contributed by atoms with Crippen LogP contribution < -0.4 is 5.32 Å². The molecule has 0 saturated heterocycles. The fourth-order valence-corrected chi connectivity index (χ4v) is 3.56. The van der Waals surface area contributed by atoms with Gasteiger partial charge in [-0.15, -0.1) is 0 Å². The molecule has 19 heavy (non-hydrogen) atoms. The summed E-state index contributed by atoms with van der Waals surface area (Å²) in [5.41, 5.74) is 1.32. The van der Waals surface area contributed by atoms with E-state index in [-0.39, 0.29) is 0 Å². The van der Waals surface area contributed by atoms with Gasteiger partial charge in [-0.05, 0) is 31.0 Å². The Labute approximate surface area is 123 Å². The first-order valence-electron chi connectivity index (χ1n) is 7.31. The number of benzene rings is 1. The molecule has 1 heterocycles. The summed E-state index contributed by atoms with van der Waals surface area (Å²) in [7, 11) is 0. The summed E-state index contributed by atoms with van der Waals surface area (Å²) in [5, 5.41) is 5.01. The highest BCUT2D eigenvalue weighted by atomic mass is 79.9. The minimum atomic E-state index is 0.752. The fourth-order valence-electron chi connectivity index (χ4n) is 3.08. The van der Waals surface area contributed by atoms with Gasteiger partial charge in [0, 0.05) is 40.7 Å². The summed E-state index contributed by atoms with van der Waals surface area (Å²) < 4.78 is 3.53. The largest absolute Gasteiger partial charge is 0.346 e. The molecule has 1 aliphatic carbocycles. The average Bonchev–Trinajstić information content (AvgIpc) is 2.85. The van der Waals surface area contributed by atoms with Crippen molar-refractivity contribution < 1.29 is 0 Å². The molecule has 1 N–H and O–H groups in total. The third-order valence-corrected chi connectivity index (χ3v) is 4.84. The number of hydrogen-bond donors (Lipinski definition) is 1. The van der Waals surface area contributed by atoms with Gasteiger partial charge in [-0.25, -0.2) is 0 Å². The van der Waals surface area contributed by atoms with Crippen molar-refractivity contribution >= 4 is 26.8 Å². The van der Waals surface area contributed by atoms with E-state index in [0.717, 1.165) is 19.1 Å². The van der Waals surface area contributed by atoms with Gasteiger partial charge in [-0.3, -0.25) is 0 Å². The van der Waals surface area contributed by atoms with Crippen LogP contribution in [0, 0.1) is 0 Å². The van der Waals surface area contributed by atoms with Crippen LogP contribution in [0.15, 0.2) is 34.9 Å². The van der Waals surface area contributed by atoms with Crippen molar-refractivity contribution in [1.82, 2.24) is 9.88 Å². The summed E-state index contributed by atoms with van der Waals surface area (Å²) in [6.45, 7) is 2.12. The third-order valence-electron chi connectivity index (χ3n) is 4.15. The molecule has 0 radical (unpaired) electrons. The van der Waals surface area contributed by atoms with Gasteiger partial charge in [0.1, 0.15) is 0 Å². The van der Waals surface area contributed by atoms with Crippen LogP contribution in [0.1, 0.15) is 32.1 Å². The highest BCUT2D eigenvalue weighted by Crippen LogP contribution is 2.24. The molecule has 102 valence electrons. The quantitative estimate of drug-likeness (QED) is 0.887. The molecular weight excluding hydrogens is 300 g/mol. The number of nitrogens with zero attached hydrogens (tertiary/aromatic N) is 1. The van der Waals surface area contributed by atoms with E-state index in [0.29, 0.717) is 0 Å². The summed E-state index contributed by atoms with van der Waals surface area (Å²) in [5.74, 6) is 0. The Morgan fingerprint density at radius 1 is 1.16 bits per heavy atom.